The Bertz CT molecular complexity index is 1480. The van der Waals surface area contributed by atoms with Gasteiger partial charge in [-0.05, 0) is 92.6 Å². The normalized spacial score (nSPS) is 13.8. The molecule has 1 N–H and O–H groups in total. The fraction of sp³-hybridized carbons (Fsp3) is 0.267. The van der Waals surface area contributed by atoms with Crippen LogP contribution in [0, 0.1) is 13.8 Å². The molecule has 0 atom stereocenters. The summed E-state index contributed by atoms with van der Waals surface area (Å²) in [5, 5.41) is 5.02. The van der Waals surface area contributed by atoms with Crippen LogP contribution in [0.4, 0.5) is 10.7 Å². The van der Waals surface area contributed by atoms with Crippen molar-refractivity contribution in [1.82, 2.24) is 0 Å². The van der Waals surface area contributed by atoms with Crippen LogP contribution < -0.4 is 5.32 Å². The second kappa shape index (κ2) is 11.3. The number of hydrogen-bond acceptors (Lipinski definition) is 4. The van der Waals surface area contributed by atoms with Crippen molar-refractivity contribution in [3.05, 3.63) is 91.5 Å². The molecular weight excluding hydrogens is 523 g/mol. The molecule has 5 rings (SSSR count). The third-order valence-corrected chi connectivity index (χ3v) is 8.63. The average Bonchev–Trinajstić information content (AvgIpc) is 3.46. The highest BCUT2D eigenvalue weighted by atomic mass is 35.5. The zero-order valence-electron chi connectivity index (χ0n) is 20.9. The minimum atomic E-state index is -0.107. The molecule has 7 heteroatoms. The van der Waals surface area contributed by atoms with Crippen LogP contribution in [0.15, 0.2) is 57.9 Å². The Morgan fingerprint density at radius 1 is 1.03 bits per heavy atom. The van der Waals surface area contributed by atoms with E-state index in [9.17, 15) is 4.79 Å². The van der Waals surface area contributed by atoms with Crippen molar-refractivity contribution < 1.29 is 9.21 Å². The van der Waals surface area contributed by atoms with Gasteiger partial charge in [0.1, 0.15) is 16.5 Å². The number of rotatable bonds is 5. The summed E-state index contributed by atoms with van der Waals surface area (Å²) in [6.07, 6.45) is 8.19. The van der Waals surface area contributed by atoms with E-state index >= 15 is 0 Å². The number of hydrogen-bond donors (Lipinski definition) is 1. The highest BCUT2D eigenvalue weighted by Gasteiger charge is 2.24. The summed E-state index contributed by atoms with van der Waals surface area (Å²) in [7, 11) is 0. The van der Waals surface area contributed by atoms with Crippen LogP contribution in [0.25, 0.3) is 11.3 Å². The Balaban J connectivity index is 1.49. The van der Waals surface area contributed by atoms with E-state index in [1.807, 2.05) is 31.2 Å². The molecule has 2 heterocycles. The van der Waals surface area contributed by atoms with Crippen LogP contribution >= 0.6 is 34.5 Å². The molecule has 4 nitrogen and oxygen atoms in total. The third-order valence-electron chi connectivity index (χ3n) is 6.86. The lowest BCUT2D eigenvalue weighted by Crippen LogP contribution is -2.15. The Kier molecular flexibility index (Phi) is 7.84. The van der Waals surface area contributed by atoms with Crippen molar-refractivity contribution in [3.63, 3.8) is 0 Å². The van der Waals surface area contributed by atoms with Crippen LogP contribution in [0.1, 0.15) is 63.4 Å². The minimum absolute atomic E-state index is 0.107. The van der Waals surface area contributed by atoms with Crippen LogP contribution in [0.3, 0.4) is 0 Å². The van der Waals surface area contributed by atoms with Gasteiger partial charge < -0.3 is 9.73 Å². The minimum Gasteiger partial charge on any atom is -0.455 e. The van der Waals surface area contributed by atoms with Gasteiger partial charge in [0.25, 0.3) is 5.91 Å². The number of thiophene rings is 1. The monoisotopic (exact) mass is 550 g/mol. The summed E-state index contributed by atoms with van der Waals surface area (Å²) in [4.78, 5) is 19.7. The first-order valence-corrected chi connectivity index (χ1v) is 14.1. The quantitative estimate of drug-likeness (QED) is 0.251. The molecule has 0 spiro atoms. The summed E-state index contributed by atoms with van der Waals surface area (Å²) < 4.78 is 6.01. The van der Waals surface area contributed by atoms with Crippen molar-refractivity contribution >= 4 is 57.3 Å². The predicted molar refractivity (Wildman–Crippen MR) is 155 cm³/mol. The molecule has 1 aliphatic rings. The lowest BCUT2D eigenvalue weighted by atomic mass is 9.96. The number of nitrogens with one attached hydrogen (secondary N) is 1. The number of carbonyl (C=O) groups excluding carboxylic acids is 1. The molecule has 0 radical (unpaired) electrons. The van der Waals surface area contributed by atoms with E-state index in [0.29, 0.717) is 32.1 Å². The van der Waals surface area contributed by atoms with Gasteiger partial charge in [-0.3, -0.25) is 4.79 Å². The van der Waals surface area contributed by atoms with Gasteiger partial charge in [-0.25, -0.2) is 4.99 Å². The van der Waals surface area contributed by atoms with E-state index in [-0.39, 0.29) is 5.91 Å². The van der Waals surface area contributed by atoms with E-state index in [1.165, 1.54) is 17.7 Å². The zero-order chi connectivity index (χ0) is 25.9. The Labute approximate surface area is 231 Å². The first-order chi connectivity index (χ1) is 17.9. The number of anilines is 1. The van der Waals surface area contributed by atoms with Crippen molar-refractivity contribution in [1.29, 1.82) is 0 Å². The summed E-state index contributed by atoms with van der Waals surface area (Å²) in [5.41, 5.74) is 5.60. The van der Waals surface area contributed by atoms with E-state index in [1.54, 1.807) is 35.8 Å². The van der Waals surface area contributed by atoms with Gasteiger partial charge in [0.05, 0.1) is 16.8 Å². The fourth-order valence-electron chi connectivity index (χ4n) is 4.68. The number of amides is 1. The molecule has 190 valence electrons. The maximum Gasteiger partial charge on any atom is 0.259 e. The van der Waals surface area contributed by atoms with E-state index < -0.39 is 0 Å². The average molecular weight is 552 g/mol. The van der Waals surface area contributed by atoms with Crippen LogP contribution in [-0.2, 0) is 12.8 Å². The molecule has 0 unspecified atom stereocenters. The highest BCUT2D eigenvalue weighted by Crippen LogP contribution is 2.40. The lowest BCUT2D eigenvalue weighted by molar-refractivity contribution is 0.102. The van der Waals surface area contributed by atoms with Gasteiger partial charge >= 0.3 is 0 Å². The number of carbonyl (C=O) groups is 1. The number of nitrogens with zero attached hydrogens (tertiary/aromatic N) is 1. The molecule has 0 saturated heterocycles. The Morgan fingerprint density at radius 3 is 2.68 bits per heavy atom. The molecule has 1 amide bonds. The number of furan rings is 1. The van der Waals surface area contributed by atoms with Crippen LogP contribution in [0.5, 0.6) is 0 Å². The van der Waals surface area contributed by atoms with Gasteiger partial charge in [0.2, 0.25) is 0 Å². The summed E-state index contributed by atoms with van der Waals surface area (Å²) in [5.74, 6) is 1.08. The Morgan fingerprint density at radius 2 is 1.84 bits per heavy atom. The van der Waals surface area contributed by atoms with E-state index in [0.717, 1.165) is 53.6 Å². The largest absolute Gasteiger partial charge is 0.455 e. The SMILES string of the molecule is Cc1cccc(NC(=O)c2c(N=Cc3ccc(-c4cc(Cl)ccc4Cl)o3)sc3c2CCCCCC3)c1C. The summed E-state index contributed by atoms with van der Waals surface area (Å²) >= 11 is 14.1. The maximum atomic E-state index is 13.7. The van der Waals surface area contributed by atoms with Crippen molar-refractivity contribution in [2.24, 2.45) is 4.99 Å². The van der Waals surface area contributed by atoms with Crippen LogP contribution in [-0.4, -0.2) is 12.1 Å². The van der Waals surface area contributed by atoms with Gasteiger partial charge in [-0.1, -0.05) is 48.2 Å². The number of aliphatic imine (C=N–C) groups is 1. The fourth-order valence-corrected chi connectivity index (χ4v) is 6.29. The van der Waals surface area contributed by atoms with Crippen LogP contribution in [0.2, 0.25) is 10.0 Å². The second-order valence-electron chi connectivity index (χ2n) is 9.38. The number of halogens is 2. The molecule has 0 bridgehead atoms. The lowest BCUT2D eigenvalue weighted by Gasteiger charge is -2.13. The molecular formula is C30H28Cl2N2O2S. The van der Waals surface area contributed by atoms with E-state index in [4.69, 9.17) is 32.6 Å². The summed E-state index contributed by atoms with van der Waals surface area (Å²) in [6.45, 7) is 4.08. The number of benzene rings is 2. The number of aryl methyl sites for hydroxylation is 2. The van der Waals surface area contributed by atoms with Crippen molar-refractivity contribution in [2.75, 3.05) is 5.32 Å². The van der Waals surface area contributed by atoms with Gasteiger partial charge in [0, 0.05) is 21.2 Å². The molecule has 2 aromatic heterocycles. The molecule has 4 aromatic rings. The molecule has 2 aromatic carbocycles. The zero-order valence-corrected chi connectivity index (χ0v) is 23.2. The third kappa shape index (κ3) is 5.69. The summed E-state index contributed by atoms with van der Waals surface area (Å²) in [6, 6.07) is 14.9. The predicted octanol–water partition coefficient (Wildman–Crippen LogP) is 9.59. The standard InChI is InChI=1S/C30H28Cl2N2O2S/c1-18-8-7-10-25(19(18)2)34-29(35)28-22-9-5-3-4-6-11-27(22)37-30(28)33-17-21-13-15-26(36-21)23-16-20(31)12-14-24(23)32/h7-8,10,12-17H,3-6,9,11H2,1-2H3,(H,34,35). The first-order valence-electron chi connectivity index (χ1n) is 12.5. The van der Waals surface area contributed by atoms with Gasteiger partial charge in [-0.2, -0.15) is 0 Å². The molecule has 0 aliphatic heterocycles. The smallest absolute Gasteiger partial charge is 0.259 e. The van der Waals surface area contributed by atoms with Crippen molar-refractivity contribution in [2.45, 2.75) is 52.4 Å². The van der Waals surface area contributed by atoms with Gasteiger partial charge in [0.15, 0.2) is 0 Å². The Hall–Kier alpha value is -2.86. The topological polar surface area (TPSA) is 54.6 Å². The molecule has 1 aliphatic carbocycles. The maximum absolute atomic E-state index is 13.7. The number of fused-ring (bicyclic) bond motifs is 1. The molecule has 37 heavy (non-hydrogen) atoms. The second-order valence-corrected chi connectivity index (χ2v) is 11.3. The first kappa shape index (κ1) is 25.8. The van der Waals surface area contributed by atoms with Crippen molar-refractivity contribution in [3.8, 4) is 11.3 Å². The highest BCUT2D eigenvalue weighted by molar-refractivity contribution is 7.16. The van der Waals surface area contributed by atoms with E-state index in [2.05, 4.69) is 18.3 Å². The molecule has 0 saturated carbocycles. The van der Waals surface area contributed by atoms with Gasteiger partial charge in [-0.15, -0.1) is 11.3 Å². The molecule has 0 fully saturated rings.